The van der Waals surface area contributed by atoms with Crippen molar-refractivity contribution in [2.75, 3.05) is 19.1 Å². The molecule has 23 heavy (non-hydrogen) atoms. The third kappa shape index (κ3) is 5.31. The number of halogens is 1. The molecule has 0 spiro atoms. The minimum absolute atomic E-state index is 0.759. The first-order chi connectivity index (χ1) is 11.3. The standard InChI is InChI=1S/C20H27ClO2/c1-3-13-23-20-11-8-17-15-18(9-10-19(17)16(20)2)22-14-7-5-4-6-12-21/h8-11,15H,3-7,12-14H2,1-2H3. The van der Waals surface area contributed by atoms with Crippen LogP contribution in [-0.4, -0.2) is 19.1 Å². The highest BCUT2D eigenvalue weighted by atomic mass is 35.5. The summed E-state index contributed by atoms with van der Waals surface area (Å²) in [6.45, 7) is 5.77. The molecule has 3 heteroatoms. The Bertz CT molecular complexity index is 610. The van der Waals surface area contributed by atoms with Crippen molar-refractivity contribution < 1.29 is 9.47 Å². The maximum Gasteiger partial charge on any atom is 0.122 e. The van der Waals surface area contributed by atoms with Gasteiger partial charge in [-0.2, -0.15) is 0 Å². The van der Waals surface area contributed by atoms with Gasteiger partial charge in [0.05, 0.1) is 13.2 Å². The number of unbranched alkanes of at least 4 members (excludes halogenated alkanes) is 3. The molecule has 0 aliphatic heterocycles. The molecule has 2 aromatic carbocycles. The van der Waals surface area contributed by atoms with Crippen molar-refractivity contribution >= 4 is 22.4 Å². The lowest BCUT2D eigenvalue weighted by atomic mass is 10.0. The van der Waals surface area contributed by atoms with Crippen LogP contribution >= 0.6 is 11.6 Å². The predicted molar refractivity (Wildman–Crippen MR) is 99.2 cm³/mol. The summed E-state index contributed by atoms with van der Waals surface area (Å²) in [5.74, 6) is 2.68. The van der Waals surface area contributed by atoms with E-state index in [1.54, 1.807) is 0 Å². The van der Waals surface area contributed by atoms with Gasteiger partial charge in [0.25, 0.3) is 0 Å². The normalized spacial score (nSPS) is 10.9. The van der Waals surface area contributed by atoms with Gasteiger partial charge in [-0.15, -0.1) is 11.6 Å². The van der Waals surface area contributed by atoms with Crippen LogP contribution in [0.1, 0.15) is 44.6 Å². The van der Waals surface area contributed by atoms with E-state index in [1.807, 2.05) is 0 Å². The third-order valence-corrected chi connectivity index (χ3v) is 4.24. The molecule has 0 N–H and O–H groups in total. The van der Waals surface area contributed by atoms with Crippen molar-refractivity contribution in [2.24, 2.45) is 0 Å². The molecule has 0 aliphatic carbocycles. The first-order valence-electron chi connectivity index (χ1n) is 8.61. The Kier molecular flexibility index (Phi) is 7.54. The van der Waals surface area contributed by atoms with Crippen LogP contribution in [0.2, 0.25) is 0 Å². The Morgan fingerprint density at radius 2 is 1.74 bits per heavy atom. The molecule has 0 aromatic heterocycles. The van der Waals surface area contributed by atoms with Gasteiger partial charge in [-0.25, -0.2) is 0 Å². The van der Waals surface area contributed by atoms with Crippen molar-refractivity contribution in [3.05, 3.63) is 35.9 Å². The Morgan fingerprint density at radius 1 is 0.913 bits per heavy atom. The molecular formula is C20H27ClO2. The van der Waals surface area contributed by atoms with E-state index in [0.29, 0.717) is 0 Å². The van der Waals surface area contributed by atoms with Gasteiger partial charge in [0.1, 0.15) is 11.5 Å². The topological polar surface area (TPSA) is 18.5 Å². The van der Waals surface area contributed by atoms with Gasteiger partial charge in [0.15, 0.2) is 0 Å². The number of fused-ring (bicyclic) bond motifs is 1. The van der Waals surface area contributed by atoms with E-state index < -0.39 is 0 Å². The Hall–Kier alpha value is -1.41. The lowest BCUT2D eigenvalue weighted by Gasteiger charge is -2.12. The van der Waals surface area contributed by atoms with Crippen molar-refractivity contribution in [1.29, 1.82) is 0 Å². The van der Waals surface area contributed by atoms with Gasteiger partial charge >= 0.3 is 0 Å². The summed E-state index contributed by atoms with van der Waals surface area (Å²) in [6, 6.07) is 10.5. The largest absolute Gasteiger partial charge is 0.494 e. The number of benzene rings is 2. The van der Waals surface area contributed by atoms with E-state index in [-0.39, 0.29) is 0 Å². The number of ether oxygens (including phenoxy) is 2. The maximum atomic E-state index is 5.87. The predicted octanol–water partition coefficient (Wildman–Crippen LogP) is 6.12. The quantitative estimate of drug-likeness (QED) is 0.385. The van der Waals surface area contributed by atoms with Crippen LogP contribution in [0.5, 0.6) is 11.5 Å². The highest BCUT2D eigenvalue weighted by molar-refractivity contribution is 6.17. The van der Waals surface area contributed by atoms with Crippen LogP contribution < -0.4 is 9.47 Å². The van der Waals surface area contributed by atoms with E-state index in [1.165, 1.54) is 29.2 Å². The summed E-state index contributed by atoms with van der Waals surface area (Å²) < 4.78 is 11.7. The monoisotopic (exact) mass is 334 g/mol. The van der Waals surface area contributed by atoms with Gasteiger partial charge in [-0.05, 0) is 60.7 Å². The molecule has 0 atom stereocenters. The molecule has 2 aromatic rings. The fraction of sp³-hybridized carbons (Fsp3) is 0.500. The Labute approximate surface area is 144 Å². The summed E-state index contributed by atoms with van der Waals surface area (Å²) in [7, 11) is 0. The summed E-state index contributed by atoms with van der Waals surface area (Å²) >= 11 is 5.68. The number of hydrogen-bond acceptors (Lipinski definition) is 2. The third-order valence-electron chi connectivity index (χ3n) is 3.97. The lowest BCUT2D eigenvalue weighted by Crippen LogP contribution is -1.99. The molecule has 2 nitrogen and oxygen atoms in total. The van der Waals surface area contributed by atoms with Gasteiger partial charge in [-0.3, -0.25) is 0 Å². The van der Waals surface area contributed by atoms with Crippen molar-refractivity contribution in [3.8, 4) is 11.5 Å². The number of aryl methyl sites for hydroxylation is 1. The molecule has 0 fully saturated rings. The number of rotatable bonds is 10. The summed E-state index contributed by atoms with van der Waals surface area (Å²) in [4.78, 5) is 0. The second-order valence-electron chi connectivity index (χ2n) is 5.87. The van der Waals surface area contributed by atoms with Gasteiger partial charge in [0, 0.05) is 5.88 Å². The van der Waals surface area contributed by atoms with Crippen LogP contribution in [0.25, 0.3) is 10.8 Å². The van der Waals surface area contributed by atoms with E-state index in [9.17, 15) is 0 Å². The van der Waals surface area contributed by atoms with Crippen LogP contribution in [0.15, 0.2) is 30.3 Å². The first kappa shape index (κ1) is 17.9. The molecule has 2 rings (SSSR count). The van der Waals surface area contributed by atoms with Crippen molar-refractivity contribution in [3.63, 3.8) is 0 Å². The van der Waals surface area contributed by atoms with Crippen LogP contribution in [0.3, 0.4) is 0 Å². The number of hydrogen-bond donors (Lipinski definition) is 0. The second kappa shape index (κ2) is 9.67. The van der Waals surface area contributed by atoms with Gasteiger partial charge in [-0.1, -0.05) is 31.9 Å². The van der Waals surface area contributed by atoms with E-state index >= 15 is 0 Å². The minimum Gasteiger partial charge on any atom is -0.494 e. The van der Waals surface area contributed by atoms with Crippen LogP contribution in [0.4, 0.5) is 0 Å². The van der Waals surface area contributed by atoms with E-state index in [4.69, 9.17) is 21.1 Å². The van der Waals surface area contributed by atoms with Gasteiger partial charge < -0.3 is 9.47 Å². The van der Waals surface area contributed by atoms with Crippen LogP contribution in [-0.2, 0) is 0 Å². The molecule has 0 saturated carbocycles. The summed E-state index contributed by atoms with van der Waals surface area (Å²) in [5.41, 5.74) is 1.20. The molecule has 0 saturated heterocycles. The molecule has 0 heterocycles. The highest BCUT2D eigenvalue weighted by Crippen LogP contribution is 2.30. The molecule has 0 bridgehead atoms. The Balaban J connectivity index is 1.96. The smallest absolute Gasteiger partial charge is 0.122 e. The second-order valence-corrected chi connectivity index (χ2v) is 6.25. The van der Waals surface area contributed by atoms with E-state index in [2.05, 4.69) is 44.2 Å². The fourth-order valence-electron chi connectivity index (χ4n) is 2.64. The first-order valence-corrected chi connectivity index (χ1v) is 9.14. The Morgan fingerprint density at radius 3 is 2.52 bits per heavy atom. The van der Waals surface area contributed by atoms with Crippen molar-refractivity contribution in [2.45, 2.75) is 46.0 Å². The highest BCUT2D eigenvalue weighted by Gasteiger charge is 2.06. The molecule has 0 amide bonds. The zero-order valence-electron chi connectivity index (χ0n) is 14.2. The van der Waals surface area contributed by atoms with E-state index in [0.717, 1.165) is 49.9 Å². The molecule has 0 radical (unpaired) electrons. The zero-order valence-corrected chi connectivity index (χ0v) is 15.0. The average molecular weight is 335 g/mol. The summed E-state index contributed by atoms with van der Waals surface area (Å²) in [6.07, 6.45) is 5.56. The van der Waals surface area contributed by atoms with Gasteiger partial charge in [0.2, 0.25) is 0 Å². The molecular weight excluding hydrogens is 308 g/mol. The maximum absolute atomic E-state index is 5.87. The molecule has 0 unspecified atom stereocenters. The van der Waals surface area contributed by atoms with Crippen LogP contribution in [0, 0.1) is 6.92 Å². The molecule has 126 valence electrons. The fourth-order valence-corrected chi connectivity index (χ4v) is 2.83. The minimum atomic E-state index is 0.759. The number of alkyl halides is 1. The summed E-state index contributed by atoms with van der Waals surface area (Å²) in [5, 5.41) is 2.43. The molecule has 0 aliphatic rings. The average Bonchev–Trinajstić information content (AvgIpc) is 2.57. The van der Waals surface area contributed by atoms with Crippen molar-refractivity contribution in [1.82, 2.24) is 0 Å². The lowest BCUT2D eigenvalue weighted by molar-refractivity contribution is 0.305. The zero-order chi connectivity index (χ0) is 16.5. The SMILES string of the molecule is CCCOc1ccc2cc(OCCCCCCCl)ccc2c1C.